The van der Waals surface area contributed by atoms with Crippen LogP contribution < -0.4 is 5.32 Å². The van der Waals surface area contributed by atoms with E-state index in [1.807, 2.05) is 49.1 Å². The molecule has 2 N–H and O–H groups in total. The highest BCUT2D eigenvalue weighted by molar-refractivity contribution is 5.94. The van der Waals surface area contributed by atoms with Gasteiger partial charge in [-0.1, -0.05) is 18.2 Å². The van der Waals surface area contributed by atoms with Crippen LogP contribution in [0.15, 0.2) is 58.7 Å². The highest BCUT2D eigenvalue weighted by atomic mass is 16.3. The molecule has 0 aliphatic heterocycles. The van der Waals surface area contributed by atoms with Gasteiger partial charge in [0, 0.05) is 25.7 Å². The van der Waals surface area contributed by atoms with Crippen LogP contribution in [0.5, 0.6) is 0 Å². The number of para-hydroxylation sites is 2. The van der Waals surface area contributed by atoms with Crippen molar-refractivity contribution in [3.63, 3.8) is 0 Å². The second-order valence-corrected chi connectivity index (χ2v) is 8.23. The average Bonchev–Trinajstić information content (AvgIpc) is 3.40. The molecule has 1 amide bonds. The van der Waals surface area contributed by atoms with Gasteiger partial charge < -0.3 is 19.6 Å². The first-order valence-electron chi connectivity index (χ1n) is 11.2. The van der Waals surface area contributed by atoms with Crippen molar-refractivity contribution in [2.45, 2.75) is 45.7 Å². The zero-order valence-corrected chi connectivity index (χ0v) is 18.4. The van der Waals surface area contributed by atoms with Crippen molar-refractivity contribution >= 4 is 28.0 Å². The second kappa shape index (κ2) is 8.49. The SMILES string of the molecule is CCN(C(=O)c1nc2ccccc2[nH]1)[C@@H]1C=C(NCc2ccc3oc(C)nc3c2)CCC1. The molecule has 5 rings (SSSR count). The number of nitrogens with one attached hydrogen (secondary N) is 2. The third-order valence-corrected chi connectivity index (χ3v) is 6.01. The Kier molecular flexibility index (Phi) is 5.39. The Morgan fingerprint density at radius 1 is 1.22 bits per heavy atom. The molecular weight excluding hydrogens is 402 g/mol. The van der Waals surface area contributed by atoms with Gasteiger partial charge in [0.25, 0.3) is 5.91 Å². The molecule has 164 valence electrons. The number of amides is 1. The van der Waals surface area contributed by atoms with Gasteiger partial charge in [-0.15, -0.1) is 0 Å². The van der Waals surface area contributed by atoms with Gasteiger partial charge in [0.05, 0.1) is 17.1 Å². The number of fused-ring (bicyclic) bond motifs is 2. The Morgan fingerprint density at radius 2 is 2.09 bits per heavy atom. The van der Waals surface area contributed by atoms with Crippen molar-refractivity contribution < 1.29 is 9.21 Å². The summed E-state index contributed by atoms with van der Waals surface area (Å²) >= 11 is 0. The van der Waals surface area contributed by atoms with Crippen molar-refractivity contribution in [1.29, 1.82) is 0 Å². The summed E-state index contributed by atoms with van der Waals surface area (Å²) in [6.45, 7) is 5.22. The summed E-state index contributed by atoms with van der Waals surface area (Å²) in [5, 5.41) is 3.56. The summed E-state index contributed by atoms with van der Waals surface area (Å²) in [6.07, 6.45) is 5.18. The molecule has 0 unspecified atom stereocenters. The fourth-order valence-corrected chi connectivity index (χ4v) is 4.43. The van der Waals surface area contributed by atoms with Gasteiger partial charge in [0.15, 0.2) is 17.3 Å². The number of carbonyl (C=O) groups excluding carboxylic acids is 1. The third-order valence-electron chi connectivity index (χ3n) is 6.01. The summed E-state index contributed by atoms with van der Waals surface area (Å²) in [5.74, 6) is 1.02. The van der Waals surface area contributed by atoms with E-state index in [0.29, 0.717) is 24.8 Å². The lowest BCUT2D eigenvalue weighted by atomic mass is 9.98. The van der Waals surface area contributed by atoms with Crippen LogP contribution in [0.25, 0.3) is 22.1 Å². The number of hydrogen-bond donors (Lipinski definition) is 2. The molecule has 2 aromatic heterocycles. The zero-order chi connectivity index (χ0) is 22.1. The lowest BCUT2D eigenvalue weighted by Crippen LogP contribution is -2.41. The smallest absolute Gasteiger partial charge is 0.290 e. The van der Waals surface area contributed by atoms with Crippen LogP contribution in [0.1, 0.15) is 48.3 Å². The van der Waals surface area contributed by atoms with E-state index < -0.39 is 0 Å². The summed E-state index contributed by atoms with van der Waals surface area (Å²) in [6, 6.07) is 13.9. The van der Waals surface area contributed by atoms with Crippen LogP contribution in [0, 0.1) is 6.92 Å². The minimum Gasteiger partial charge on any atom is -0.441 e. The first-order chi connectivity index (χ1) is 15.6. The van der Waals surface area contributed by atoms with E-state index in [9.17, 15) is 4.79 Å². The van der Waals surface area contributed by atoms with Gasteiger partial charge in [0.1, 0.15) is 5.52 Å². The number of likely N-dealkylation sites (N-methyl/N-ethyl adjacent to an activating group) is 1. The lowest BCUT2D eigenvalue weighted by molar-refractivity contribution is 0.0700. The highest BCUT2D eigenvalue weighted by Gasteiger charge is 2.26. The largest absolute Gasteiger partial charge is 0.441 e. The number of nitrogens with zero attached hydrogens (tertiary/aromatic N) is 3. The van der Waals surface area contributed by atoms with E-state index in [2.05, 4.69) is 38.5 Å². The number of carbonyl (C=O) groups is 1. The topological polar surface area (TPSA) is 87.0 Å². The van der Waals surface area contributed by atoms with Gasteiger partial charge >= 0.3 is 0 Å². The first kappa shape index (κ1) is 20.3. The van der Waals surface area contributed by atoms with E-state index in [-0.39, 0.29) is 11.9 Å². The Labute approximate surface area is 186 Å². The van der Waals surface area contributed by atoms with Gasteiger partial charge in [-0.05, 0) is 62.1 Å². The lowest BCUT2D eigenvalue weighted by Gasteiger charge is -2.32. The van der Waals surface area contributed by atoms with Gasteiger partial charge in [-0.25, -0.2) is 9.97 Å². The number of oxazole rings is 1. The predicted molar refractivity (Wildman–Crippen MR) is 124 cm³/mol. The molecular formula is C25H27N5O2. The minimum absolute atomic E-state index is 0.0534. The van der Waals surface area contributed by atoms with Crippen LogP contribution in [-0.2, 0) is 6.54 Å². The Hall–Kier alpha value is -3.61. The summed E-state index contributed by atoms with van der Waals surface area (Å²) in [4.78, 5) is 27.2. The van der Waals surface area contributed by atoms with Crippen LogP contribution in [-0.4, -0.2) is 38.3 Å². The first-order valence-corrected chi connectivity index (χ1v) is 11.2. The molecule has 1 atom stereocenters. The molecule has 1 aliphatic carbocycles. The summed E-state index contributed by atoms with van der Waals surface area (Å²) in [5.41, 5.74) is 5.71. The van der Waals surface area contributed by atoms with E-state index >= 15 is 0 Å². The standard InChI is InChI=1S/C25H27N5O2/c1-3-30(25(31)24-28-20-9-4-5-10-21(20)29-24)19-8-6-7-18(14-19)26-15-17-11-12-23-22(13-17)27-16(2)32-23/h4-5,9-14,19,26H,3,6-8,15H2,1-2H3,(H,28,29)/t19-/m0/s1. The maximum absolute atomic E-state index is 13.2. The van der Waals surface area contributed by atoms with Gasteiger partial charge in [-0.2, -0.15) is 0 Å². The molecule has 7 nitrogen and oxygen atoms in total. The van der Waals surface area contributed by atoms with Crippen LogP contribution >= 0.6 is 0 Å². The maximum Gasteiger partial charge on any atom is 0.290 e. The molecule has 7 heteroatoms. The molecule has 32 heavy (non-hydrogen) atoms. The van der Waals surface area contributed by atoms with Crippen molar-refractivity contribution in [3.8, 4) is 0 Å². The quantitative estimate of drug-likeness (QED) is 0.464. The molecule has 0 bridgehead atoms. The number of aromatic amines is 1. The molecule has 1 aliphatic rings. The van der Waals surface area contributed by atoms with E-state index in [4.69, 9.17) is 4.42 Å². The highest BCUT2D eigenvalue weighted by Crippen LogP contribution is 2.23. The normalized spacial score (nSPS) is 16.3. The number of H-pyrrole nitrogens is 1. The van der Waals surface area contributed by atoms with Crippen LogP contribution in [0.3, 0.4) is 0 Å². The van der Waals surface area contributed by atoms with Crippen molar-refractivity contribution in [2.75, 3.05) is 6.54 Å². The number of benzene rings is 2. The number of allylic oxidation sites excluding steroid dienone is 1. The van der Waals surface area contributed by atoms with E-state index in [1.54, 1.807) is 0 Å². The third kappa shape index (κ3) is 3.98. The van der Waals surface area contributed by atoms with Gasteiger partial charge in [0.2, 0.25) is 0 Å². The second-order valence-electron chi connectivity index (χ2n) is 8.23. The number of imidazole rings is 1. The molecule has 0 saturated heterocycles. The van der Waals surface area contributed by atoms with E-state index in [0.717, 1.165) is 47.0 Å². The van der Waals surface area contributed by atoms with E-state index in [1.165, 1.54) is 5.70 Å². The van der Waals surface area contributed by atoms with Crippen molar-refractivity contribution in [3.05, 3.63) is 71.5 Å². The Bertz CT molecular complexity index is 1270. The van der Waals surface area contributed by atoms with Crippen molar-refractivity contribution in [2.24, 2.45) is 0 Å². The van der Waals surface area contributed by atoms with Gasteiger partial charge in [-0.3, -0.25) is 4.79 Å². The molecule has 0 radical (unpaired) electrons. The number of rotatable bonds is 6. The molecule has 0 saturated carbocycles. The Balaban J connectivity index is 1.30. The number of aromatic nitrogens is 3. The minimum atomic E-state index is -0.0574. The molecule has 0 fully saturated rings. The summed E-state index contributed by atoms with van der Waals surface area (Å²) < 4.78 is 5.56. The number of hydrogen-bond acceptors (Lipinski definition) is 5. The zero-order valence-electron chi connectivity index (χ0n) is 18.4. The fourth-order valence-electron chi connectivity index (χ4n) is 4.43. The number of aryl methyl sites for hydroxylation is 1. The monoisotopic (exact) mass is 429 g/mol. The molecule has 2 aromatic carbocycles. The molecule has 0 spiro atoms. The van der Waals surface area contributed by atoms with Crippen molar-refractivity contribution in [1.82, 2.24) is 25.2 Å². The predicted octanol–water partition coefficient (Wildman–Crippen LogP) is 4.70. The fraction of sp³-hybridized carbons (Fsp3) is 0.320. The average molecular weight is 430 g/mol. The molecule has 4 aromatic rings. The molecule has 2 heterocycles. The maximum atomic E-state index is 13.2. The summed E-state index contributed by atoms with van der Waals surface area (Å²) in [7, 11) is 0. The Morgan fingerprint density at radius 3 is 2.94 bits per heavy atom. The van der Waals surface area contributed by atoms with Crippen LogP contribution in [0.4, 0.5) is 0 Å². The van der Waals surface area contributed by atoms with Crippen LogP contribution in [0.2, 0.25) is 0 Å².